The molecule has 0 aromatic heterocycles. The largest absolute Gasteiger partial charge is 0.505 e. The lowest BCUT2D eigenvalue weighted by molar-refractivity contribution is -0.122. The molecular weight excluding hydrogens is 387 g/mol. The van der Waals surface area contributed by atoms with Crippen LogP contribution in [-0.4, -0.2) is 23.5 Å². The molecule has 3 rings (SSSR count). The highest BCUT2D eigenvalue weighted by Crippen LogP contribution is 2.35. The van der Waals surface area contributed by atoms with Crippen molar-refractivity contribution in [1.29, 1.82) is 0 Å². The molecule has 0 aliphatic carbocycles. The van der Waals surface area contributed by atoms with E-state index in [1.54, 1.807) is 29.2 Å². The number of phenols is 1. The first-order chi connectivity index (χ1) is 11.8. The van der Waals surface area contributed by atoms with Crippen molar-refractivity contribution in [1.82, 2.24) is 0 Å². The monoisotopic (exact) mass is 398 g/mol. The molecule has 1 heterocycles. The molecule has 2 aromatic carbocycles. The maximum atomic E-state index is 12.4. The van der Waals surface area contributed by atoms with Gasteiger partial charge in [0.2, 0.25) is 11.8 Å². The molecule has 1 saturated heterocycles. The molecule has 5 nitrogen and oxygen atoms in total. The molecule has 1 fully saturated rings. The number of carbonyl (C=O) groups excluding carboxylic acids is 2. The van der Waals surface area contributed by atoms with E-state index in [1.807, 2.05) is 0 Å². The van der Waals surface area contributed by atoms with E-state index in [2.05, 4.69) is 5.32 Å². The Morgan fingerprint density at radius 2 is 1.72 bits per heavy atom. The minimum Gasteiger partial charge on any atom is -0.505 e. The number of halogens is 3. The molecule has 2 aromatic rings. The SMILES string of the molecule is O=C(Nc1cc(Cl)c(O)c(Cl)c1)C1CC(=O)N(c2ccc(Cl)cc2)C1. The van der Waals surface area contributed by atoms with Crippen LogP contribution in [0.5, 0.6) is 5.75 Å². The summed E-state index contributed by atoms with van der Waals surface area (Å²) in [7, 11) is 0. The number of nitrogens with zero attached hydrogens (tertiary/aromatic N) is 1. The molecular formula is C17H13Cl3N2O3. The predicted octanol–water partition coefficient (Wildman–Crippen LogP) is 4.34. The first-order valence-corrected chi connectivity index (χ1v) is 8.53. The van der Waals surface area contributed by atoms with Crippen LogP contribution in [0.25, 0.3) is 0 Å². The zero-order chi connectivity index (χ0) is 18.1. The second kappa shape index (κ2) is 7.12. The summed E-state index contributed by atoms with van der Waals surface area (Å²) in [6.45, 7) is 0.270. The Balaban J connectivity index is 1.71. The van der Waals surface area contributed by atoms with Gasteiger partial charge in [-0.2, -0.15) is 0 Å². The van der Waals surface area contributed by atoms with Gasteiger partial charge >= 0.3 is 0 Å². The molecule has 2 N–H and O–H groups in total. The van der Waals surface area contributed by atoms with Crippen LogP contribution < -0.4 is 10.2 Å². The third-order valence-corrected chi connectivity index (χ3v) is 4.75. The van der Waals surface area contributed by atoms with Crippen molar-refractivity contribution in [2.45, 2.75) is 6.42 Å². The van der Waals surface area contributed by atoms with Crippen LogP contribution in [0.4, 0.5) is 11.4 Å². The van der Waals surface area contributed by atoms with E-state index in [1.165, 1.54) is 12.1 Å². The van der Waals surface area contributed by atoms with Crippen LogP contribution in [0.2, 0.25) is 15.1 Å². The van der Waals surface area contributed by atoms with Crippen LogP contribution in [0.3, 0.4) is 0 Å². The van der Waals surface area contributed by atoms with E-state index < -0.39 is 5.92 Å². The van der Waals surface area contributed by atoms with Gasteiger partial charge in [-0.1, -0.05) is 34.8 Å². The number of aromatic hydroxyl groups is 1. The van der Waals surface area contributed by atoms with Gasteiger partial charge in [0.15, 0.2) is 5.75 Å². The highest BCUT2D eigenvalue weighted by Gasteiger charge is 2.35. The topological polar surface area (TPSA) is 69.6 Å². The number of carbonyl (C=O) groups is 2. The number of benzene rings is 2. The Kier molecular flexibility index (Phi) is 5.08. The number of hydrogen-bond acceptors (Lipinski definition) is 3. The van der Waals surface area contributed by atoms with E-state index in [9.17, 15) is 14.7 Å². The molecule has 0 spiro atoms. The summed E-state index contributed by atoms with van der Waals surface area (Å²) in [5.41, 5.74) is 1.05. The quantitative estimate of drug-likeness (QED) is 0.754. The maximum Gasteiger partial charge on any atom is 0.229 e. The van der Waals surface area contributed by atoms with Gasteiger partial charge in [-0.05, 0) is 36.4 Å². The summed E-state index contributed by atoms with van der Waals surface area (Å²) in [4.78, 5) is 26.2. The molecule has 2 amide bonds. The molecule has 0 radical (unpaired) electrons. The molecule has 0 bridgehead atoms. The van der Waals surface area contributed by atoms with Gasteiger partial charge in [-0.25, -0.2) is 0 Å². The molecule has 1 atom stereocenters. The first kappa shape index (κ1) is 17.9. The molecule has 0 saturated carbocycles. The van der Waals surface area contributed by atoms with Gasteiger partial charge in [0, 0.05) is 29.4 Å². The Hall–Kier alpha value is -1.95. The minimum absolute atomic E-state index is 0.0353. The zero-order valence-corrected chi connectivity index (χ0v) is 15.1. The Morgan fingerprint density at radius 1 is 1.12 bits per heavy atom. The molecule has 130 valence electrons. The summed E-state index contributed by atoms with van der Waals surface area (Å²) >= 11 is 17.5. The highest BCUT2D eigenvalue weighted by molar-refractivity contribution is 6.37. The van der Waals surface area contributed by atoms with Crippen molar-refractivity contribution in [2.75, 3.05) is 16.8 Å². The zero-order valence-electron chi connectivity index (χ0n) is 12.8. The van der Waals surface area contributed by atoms with Crippen molar-refractivity contribution >= 4 is 58.0 Å². The average molecular weight is 400 g/mol. The second-order valence-corrected chi connectivity index (χ2v) is 6.91. The third kappa shape index (κ3) is 3.84. The minimum atomic E-state index is -0.505. The molecule has 1 aliphatic rings. The van der Waals surface area contributed by atoms with E-state index in [-0.39, 0.29) is 40.6 Å². The van der Waals surface area contributed by atoms with E-state index in [0.717, 1.165) is 0 Å². The van der Waals surface area contributed by atoms with Gasteiger partial charge in [-0.3, -0.25) is 9.59 Å². The van der Waals surface area contributed by atoms with Gasteiger partial charge < -0.3 is 15.3 Å². The lowest BCUT2D eigenvalue weighted by Gasteiger charge is -2.17. The summed E-state index contributed by atoms with van der Waals surface area (Å²) < 4.78 is 0. The lowest BCUT2D eigenvalue weighted by Crippen LogP contribution is -2.28. The second-order valence-electron chi connectivity index (χ2n) is 5.66. The standard InChI is InChI=1S/C17H13Cl3N2O3/c18-10-1-3-12(4-2-10)22-8-9(5-15(22)23)17(25)21-11-6-13(19)16(24)14(20)7-11/h1-4,6-7,9,24H,5,8H2,(H,21,25). The number of amides is 2. The Labute approximate surface area is 159 Å². The summed E-state index contributed by atoms with van der Waals surface area (Å²) in [5, 5.41) is 12.9. The van der Waals surface area contributed by atoms with Gasteiger partial charge in [0.05, 0.1) is 16.0 Å². The molecule has 8 heteroatoms. The first-order valence-electron chi connectivity index (χ1n) is 7.40. The van der Waals surface area contributed by atoms with E-state index >= 15 is 0 Å². The van der Waals surface area contributed by atoms with E-state index in [0.29, 0.717) is 16.4 Å². The van der Waals surface area contributed by atoms with Gasteiger partial charge in [0.25, 0.3) is 0 Å². The predicted molar refractivity (Wildman–Crippen MR) is 98.7 cm³/mol. The van der Waals surface area contributed by atoms with Crippen molar-refractivity contribution in [3.05, 3.63) is 51.5 Å². The van der Waals surface area contributed by atoms with Crippen molar-refractivity contribution in [3.63, 3.8) is 0 Å². The smallest absolute Gasteiger partial charge is 0.229 e. The van der Waals surface area contributed by atoms with Crippen LogP contribution in [0, 0.1) is 5.92 Å². The summed E-state index contributed by atoms with van der Waals surface area (Å²) in [6.07, 6.45) is 0.105. The average Bonchev–Trinajstić information content (AvgIpc) is 2.95. The molecule has 1 unspecified atom stereocenters. The number of nitrogens with one attached hydrogen (secondary N) is 1. The van der Waals surface area contributed by atoms with Crippen LogP contribution in [0.15, 0.2) is 36.4 Å². The fraction of sp³-hybridized carbons (Fsp3) is 0.176. The van der Waals surface area contributed by atoms with Crippen molar-refractivity contribution < 1.29 is 14.7 Å². The number of phenolic OH excluding ortho intramolecular Hbond substituents is 1. The Morgan fingerprint density at radius 3 is 2.32 bits per heavy atom. The van der Waals surface area contributed by atoms with E-state index in [4.69, 9.17) is 34.8 Å². The van der Waals surface area contributed by atoms with Gasteiger partial charge in [0.1, 0.15) is 0 Å². The third-order valence-electron chi connectivity index (χ3n) is 3.92. The molecule has 1 aliphatic heterocycles. The van der Waals surface area contributed by atoms with Crippen molar-refractivity contribution in [3.8, 4) is 5.75 Å². The van der Waals surface area contributed by atoms with Crippen LogP contribution in [0.1, 0.15) is 6.42 Å². The molecule has 25 heavy (non-hydrogen) atoms. The highest BCUT2D eigenvalue weighted by atomic mass is 35.5. The van der Waals surface area contributed by atoms with Crippen LogP contribution in [-0.2, 0) is 9.59 Å². The maximum absolute atomic E-state index is 12.4. The Bertz CT molecular complexity index is 817. The number of hydrogen-bond donors (Lipinski definition) is 2. The summed E-state index contributed by atoms with van der Waals surface area (Å²) in [5.74, 6) is -1.20. The lowest BCUT2D eigenvalue weighted by atomic mass is 10.1. The fourth-order valence-corrected chi connectivity index (χ4v) is 3.25. The summed E-state index contributed by atoms with van der Waals surface area (Å²) in [6, 6.07) is 9.65. The van der Waals surface area contributed by atoms with Crippen LogP contribution >= 0.6 is 34.8 Å². The normalized spacial score (nSPS) is 17.0. The van der Waals surface area contributed by atoms with Crippen molar-refractivity contribution in [2.24, 2.45) is 5.92 Å². The number of anilines is 2. The van der Waals surface area contributed by atoms with Gasteiger partial charge in [-0.15, -0.1) is 0 Å². The fourth-order valence-electron chi connectivity index (χ4n) is 2.64. The number of rotatable bonds is 3.